The van der Waals surface area contributed by atoms with E-state index in [0.29, 0.717) is 11.6 Å². The number of amides is 1. The molecule has 0 radical (unpaired) electrons. The van der Waals surface area contributed by atoms with Crippen LogP contribution in [0.2, 0.25) is 0 Å². The Hall–Kier alpha value is -1.35. The highest BCUT2D eigenvalue weighted by Crippen LogP contribution is 2.38. The first-order valence-electron chi connectivity index (χ1n) is 7.71. The van der Waals surface area contributed by atoms with E-state index in [2.05, 4.69) is 23.6 Å². The van der Waals surface area contributed by atoms with E-state index in [1.165, 1.54) is 24.8 Å². The van der Waals surface area contributed by atoms with Gasteiger partial charge in [0.15, 0.2) is 0 Å². The predicted octanol–water partition coefficient (Wildman–Crippen LogP) is 2.71. The zero-order chi connectivity index (χ0) is 14.2. The zero-order valence-corrected chi connectivity index (χ0v) is 12.5. The number of hydrogen-bond donors (Lipinski definition) is 2. The molecule has 20 heavy (non-hydrogen) atoms. The van der Waals surface area contributed by atoms with Crippen LogP contribution in [-0.2, 0) is 0 Å². The Labute approximate surface area is 121 Å². The van der Waals surface area contributed by atoms with Gasteiger partial charge >= 0.3 is 0 Å². The molecule has 2 fully saturated rings. The molecular formula is C17H24N2O. The number of piperidine rings is 1. The molecule has 1 aromatic rings. The molecule has 3 rings (SSSR count). The van der Waals surface area contributed by atoms with E-state index in [-0.39, 0.29) is 5.91 Å². The highest BCUT2D eigenvalue weighted by atomic mass is 16.1. The smallest absolute Gasteiger partial charge is 0.251 e. The van der Waals surface area contributed by atoms with Crippen molar-refractivity contribution in [2.75, 3.05) is 6.54 Å². The van der Waals surface area contributed by atoms with Crippen molar-refractivity contribution in [1.82, 2.24) is 10.6 Å². The van der Waals surface area contributed by atoms with Crippen LogP contribution in [0.3, 0.4) is 0 Å². The Morgan fingerprint density at radius 3 is 2.80 bits per heavy atom. The van der Waals surface area contributed by atoms with Gasteiger partial charge in [0.25, 0.3) is 5.91 Å². The number of nitrogens with one attached hydrogen (secondary N) is 2. The summed E-state index contributed by atoms with van der Waals surface area (Å²) in [4.78, 5) is 12.4. The van der Waals surface area contributed by atoms with Gasteiger partial charge < -0.3 is 10.6 Å². The minimum Gasteiger partial charge on any atom is -0.349 e. The second kappa shape index (κ2) is 5.21. The molecule has 0 bridgehead atoms. The number of rotatable bonds is 2. The van der Waals surface area contributed by atoms with Gasteiger partial charge in [-0.15, -0.1) is 0 Å². The minimum atomic E-state index is 0.0869. The van der Waals surface area contributed by atoms with Crippen molar-refractivity contribution in [1.29, 1.82) is 0 Å². The van der Waals surface area contributed by atoms with E-state index in [4.69, 9.17) is 0 Å². The zero-order valence-electron chi connectivity index (χ0n) is 12.5. The molecule has 1 atom stereocenters. The average Bonchev–Trinajstić information content (AvgIpc) is 2.37. The Bertz CT molecular complexity index is 520. The Balaban J connectivity index is 1.66. The molecule has 1 aromatic carbocycles. The maximum absolute atomic E-state index is 12.4. The van der Waals surface area contributed by atoms with Crippen LogP contribution in [-0.4, -0.2) is 24.0 Å². The van der Waals surface area contributed by atoms with Crippen molar-refractivity contribution in [2.24, 2.45) is 0 Å². The van der Waals surface area contributed by atoms with Crippen LogP contribution in [0, 0.1) is 13.8 Å². The molecule has 108 valence electrons. The lowest BCUT2D eigenvalue weighted by molar-refractivity contribution is 0.0852. The molecule has 3 nitrogen and oxygen atoms in total. The van der Waals surface area contributed by atoms with E-state index in [1.807, 2.05) is 19.1 Å². The molecule has 2 N–H and O–H groups in total. The van der Waals surface area contributed by atoms with Crippen molar-refractivity contribution in [2.45, 2.75) is 57.5 Å². The third kappa shape index (κ3) is 2.59. The third-order valence-corrected chi connectivity index (χ3v) is 4.90. The van der Waals surface area contributed by atoms with Crippen LogP contribution in [0.15, 0.2) is 18.2 Å². The maximum atomic E-state index is 12.4. The number of hydrogen-bond acceptors (Lipinski definition) is 2. The Morgan fingerprint density at radius 1 is 1.35 bits per heavy atom. The highest BCUT2D eigenvalue weighted by Gasteiger charge is 2.41. The van der Waals surface area contributed by atoms with Crippen LogP contribution in [0.25, 0.3) is 0 Å². The molecule has 1 saturated heterocycles. The standard InChI is InChI=1S/C17H24N2O/c1-12-4-5-15(13(2)10-12)16(20)19-14-6-9-18-17(11-14)7-3-8-17/h4-5,10,14,18H,3,6-9,11H2,1-2H3,(H,19,20). The van der Waals surface area contributed by atoms with Crippen LogP contribution >= 0.6 is 0 Å². The molecule has 1 spiro atoms. The molecule has 2 aliphatic rings. The van der Waals surface area contributed by atoms with Crippen LogP contribution < -0.4 is 10.6 Å². The highest BCUT2D eigenvalue weighted by molar-refractivity contribution is 5.95. The average molecular weight is 272 g/mol. The topological polar surface area (TPSA) is 41.1 Å². The molecule has 0 aromatic heterocycles. The van der Waals surface area contributed by atoms with Crippen molar-refractivity contribution in [3.05, 3.63) is 34.9 Å². The summed E-state index contributed by atoms with van der Waals surface area (Å²) in [5, 5.41) is 6.88. The number of aryl methyl sites for hydroxylation is 2. The molecule has 1 heterocycles. The predicted molar refractivity (Wildman–Crippen MR) is 81.0 cm³/mol. The van der Waals surface area contributed by atoms with Crippen LogP contribution in [0.4, 0.5) is 0 Å². The molecule has 1 aliphatic carbocycles. The van der Waals surface area contributed by atoms with Crippen molar-refractivity contribution < 1.29 is 4.79 Å². The van der Waals surface area contributed by atoms with E-state index < -0.39 is 0 Å². The summed E-state index contributed by atoms with van der Waals surface area (Å²) in [6.07, 6.45) is 5.98. The summed E-state index contributed by atoms with van der Waals surface area (Å²) < 4.78 is 0. The summed E-state index contributed by atoms with van der Waals surface area (Å²) in [7, 11) is 0. The van der Waals surface area contributed by atoms with E-state index in [0.717, 1.165) is 30.5 Å². The number of benzene rings is 1. The van der Waals surface area contributed by atoms with Gasteiger partial charge in [0.2, 0.25) is 0 Å². The van der Waals surface area contributed by atoms with Crippen molar-refractivity contribution in [3.63, 3.8) is 0 Å². The lowest BCUT2D eigenvalue weighted by Gasteiger charge is -2.48. The van der Waals surface area contributed by atoms with E-state index >= 15 is 0 Å². The number of carbonyl (C=O) groups is 1. The molecule has 1 amide bonds. The van der Waals surface area contributed by atoms with Gasteiger partial charge in [-0.3, -0.25) is 4.79 Å². The van der Waals surface area contributed by atoms with Crippen LogP contribution in [0.5, 0.6) is 0 Å². The van der Waals surface area contributed by atoms with Crippen molar-refractivity contribution in [3.8, 4) is 0 Å². The summed E-state index contributed by atoms with van der Waals surface area (Å²) in [5.41, 5.74) is 3.42. The van der Waals surface area contributed by atoms with Crippen LogP contribution in [0.1, 0.15) is 53.6 Å². The maximum Gasteiger partial charge on any atom is 0.251 e. The Morgan fingerprint density at radius 2 is 2.15 bits per heavy atom. The summed E-state index contributed by atoms with van der Waals surface area (Å²) in [6.45, 7) is 5.09. The summed E-state index contributed by atoms with van der Waals surface area (Å²) in [6, 6.07) is 6.35. The first kappa shape index (κ1) is 13.6. The summed E-state index contributed by atoms with van der Waals surface area (Å²) in [5.74, 6) is 0.0869. The minimum absolute atomic E-state index is 0.0869. The van der Waals surface area contributed by atoms with Gasteiger partial charge in [-0.2, -0.15) is 0 Å². The Kier molecular flexibility index (Phi) is 3.55. The van der Waals surface area contributed by atoms with Gasteiger partial charge in [0, 0.05) is 17.1 Å². The van der Waals surface area contributed by atoms with Gasteiger partial charge in [0.1, 0.15) is 0 Å². The number of carbonyl (C=O) groups excluding carboxylic acids is 1. The first-order chi connectivity index (χ1) is 9.58. The fraction of sp³-hybridized carbons (Fsp3) is 0.588. The van der Waals surface area contributed by atoms with Crippen molar-refractivity contribution >= 4 is 5.91 Å². The second-order valence-electron chi connectivity index (χ2n) is 6.54. The third-order valence-electron chi connectivity index (χ3n) is 4.90. The normalized spacial score (nSPS) is 24.2. The fourth-order valence-electron chi connectivity index (χ4n) is 3.60. The largest absolute Gasteiger partial charge is 0.349 e. The molecular weight excluding hydrogens is 248 g/mol. The van der Waals surface area contributed by atoms with E-state index in [1.54, 1.807) is 0 Å². The molecule has 1 saturated carbocycles. The fourth-order valence-corrected chi connectivity index (χ4v) is 3.60. The molecule has 1 unspecified atom stereocenters. The van der Waals surface area contributed by atoms with Gasteiger partial charge in [0.05, 0.1) is 0 Å². The van der Waals surface area contributed by atoms with Gasteiger partial charge in [-0.25, -0.2) is 0 Å². The monoisotopic (exact) mass is 272 g/mol. The lowest BCUT2D eigenvalue weighted by atomic mass is 9.70. The summed E-state index contributed by atoms with van der Waals surface area (Å²) >= 11 is 0. The first-order valence-corrected chi connectivity index (χ1v) is 7.71. The second-order valence-corrected chi connectivity index (χ2v) is 6.54. The van der Waals surface area contributed by atoms with E-state index in [9.17, 15) is 4.79 Å². The molecule has 1 aliphatic heterocycles. The lowest BCUT2D eigenvalue weighted by Crippen LogP contribution is -2.59. The van der Waals surface area contributed by atoms with Gasteiger partial charge in [-0.1, -0.05) is 17.7 Å². The molecule has 3 heteroatoms. The SMILES string of the molecule is Cc1ccc(C(=O)NC2CCNC3(CCC3)C2)c(C)c1. The van der Waals surface area contributed by atoms with Gasteiger partial charge in [-0.05, 0) is 64.1 Å². The quantitative estimate of drug-likeness (QED) is 0.869.